The van der Waals surface area contributed by atoms with Crippen LogP contribution in [0, 0.1) is 16.4 Å². The van der Waals surface area contributed by atoms with Crippen LogP contribution in [-0.2, 0) is 11.3 Å². The molecule has 5 rings (SSSR count). The zero-order chi connectivity index (χ0) is 30.6. The van der Waals surface area contributed by atoms with Gasteiger partial charge in [0, 0.05) is 33.7 Å². The highest BCUT2D eigenvalue weighted by Gasteiger charge is 2.54. The molecule has 1 amide bonds. The van der Waals surface area contributed by atoms with Crippen molar-refractivity contribution in [2.75, 3.05) is 18.4 Å². The largest absolute Gasteiger partial charge is 0.422 e. The first-order valence-corrected chi connectivity index (χ1v) is 15.0. The summed E-state index contributed by atoms with van der Waals surface area (Å²) in [6, 6.07) is 11.8. The average molecular weight is 686 g/mol. The maximum absolute atomic E-state index is 13.1. The smallest absolute Gasteiger partial charge is 0.347 e. The van der Waals surface area contributed by atoms with Gasteiger partial charge in [0.05, 0.1) is 29.0 Å². The number of hydrogen-bond donors (Lipinski definition) is 3. The van der Waals surface area contributed by atoms with Gasteiger partial charge >= 0.3 is 5.63 Å². The first kappa shape index (κ1) is 30.2. The van der Waals surface area contributed by atoms with E-state index in [2.05, 4.69) is 39.3 Å². The van der Waals surface area contributed by atoms with E-state index in [-0.39, 0.29) is 23.2 Å². The number of nitrogens with one attached hydrogen (secondary N) is 2. The lowest BCUT2D eigenvalue weighted by molar-refractivity contribution is -0.197. The summed E-state index contributed by atoms with van der Waals surface area (Å²) in [5.41, 5.74) is 1.71. The maximum Gasteiger partial charge on any atom is 0.347 e. The van der Waals surface area contributed by atoms with Crippen LogP contribution in [0.3, 0.4) is 0 Å². The number of carbonyl (C=O) groups is 2. The molecule has 1 aliphatic rings. The lowest BCUT2D eigenvalue weighted by Gasteiger charge is -2.35. The maximum atomic E-state index is 13.1. The summed E-state index contributed by atoms with van der Waals surface area (Å²) in [4.78, 5) is 42.7. The first-order chi connectivity index (χ1) is 19.7. The highest BCUT2D eigenvalue weighted by Crippen LogP contribution is 2.43. The van der Waals surface area contributed by atoms with Crippen LogP contribution >= 0.6 is 22.6 Å². The molecule has 0 bridgehead atoms. The number of aryl methyl sites for hydroxylation is 1. The molecule has 42 heavy (non-hydrogen) atoms. The Hall–Kier alpha value is -3.29. The number of aromatic nitrogens is 2. The number of imidazole rings is 1. The minimum atomic E-state index is -0.681. The molecule has 222 valence electrons. The fourth-order valence-corrected chi connectivity index (χ4v) is 6.76. The molecule has 2 aromatic heterocycles. The van der Waals surface area contributed by atoms with E-state index in [0.717, 1.165) is 14.7 Å². The van der Waals surface area contributed by atoms with E-state index in [0.29, 0.717) is 54.1 Å². The molecule has 10 nitrogen and oxygen atoms in total. The third-order valence-electron chi connectivity index (χ3n) is 8.32. The average Bonchev–Trinajstić information content (AvgIpc) is 3.31. The quantitative estimate of drug-likeness (QED) is 0.101. The fraction of sp³-hybridized carbons (Fsp3) is 0.419. The summed E-state index contributed by atoms with van der Waals surface area (Å²) < 4.78 is 8.70. The number of halogens is 1. The number of hydrogen-bond acceptors (Lipinski definition) is 8. The van der Waals surface area contributed by atoms with E-state index in [1.165, 1.54) is 12.0 Å². The van der Waals surface area contributed by atoms with Crippen LogP contribution in [0.4, 0.5) is 5.95 Å². The standard InChI is InChI=1S/C31H36IN5O5/c1-17-21-13-23-24(14-25(21)42-28(40)26(17)18(2)38)36(16-19-8-7-9-20(32)12-19)29(35-23)34-11-10-33-27(39)22-15-30(3,4)37(41)31(22,5)6/h7-9,12-14,22,41H,10-11,15-16H2,1-6H3,(H,33,39)(H,34,35). The first-order valence-electron chi connectivity index (χ1n) is 13.9. The molecule has 11 heteroatoms. The van der Waals surface area contributed by atoms with Gasteiger partial charge in [0.1, 0.15) is 11.1 Å². The molecule has 0 radical (unpaired) electrons. The number of benzene rings is 2. The van der Waals surface area contributed by atoms with Crippen LogP contribution < -0.4 is 16.3 Å². The Bertz CT molecular complexity index is 1770. The van der Waals surface area contributed by atoms with Crippen molar-refractivity contribution in [2.24, 2.45) is 5.92 Å². The van der Waals surface area contributed by atoms with Crippen molar-refractivity contribution in [1.29, 1.82) is 0 Å². The van der Waals surface area contributed by atoms with Crippen molar-refractivity contribution in [3.8, 4) is 0 Å². The normalized spacial score (nSPS) is 18.0. The van der Waals surface area contributed by atoms with Gasteiger partial charge in [-0.25, -0.2) is 9.78 Å². The topological polar surface area (TPSA) is 130 Å². The van der Waals surface area contributed by atoms with Crippen molar-refractivity contribution in [3.63, 3.8) is 0 Å². The molecule has 0 aliphatic carbocycles. The molecule has 2 aromatic carbocycles. The molecule has 4 aromatic rings. The van der Waals surface area contributed by atoms with Crippen molar-refractivity contribution in [1.82, 2.24) is 19.9 Å². The minimum absolute atomic E-state index is 0.0485. The van der Waals surface area contributed by atoms with Gasteiger partial charge in [-0.15, -0.1) is 0 Å². The van der Waals surface area contributed by atoms with Gasteiger partial charge in [-0.1, -0.05) is 12.1 Å². The molecular formula is C31H36IN5O5. The van der Waals surface area contributed by atoms with E-state index < -0.39 is 16.7 Å². The van der Waals surface area contributed by atoms with Crippen molar-refractivity contribution < 1.29 is 19.2 Å². The highest BCUT2D eigenvalue weighted by molar-refractivity contribution is 14.1. The van der Waals surface area contributed by atoms with Crippen molar-refractivity contribution in [2.45, 2.75) is 65.6 Å². The Labute approximate surface area is 257 Å². The highest BCUT2D eigenvalue weighted by atomic mass is 127. The Morgan fingerprint density at radius 3 is 2.55 bits per heavy atom. The van der Waals surface area contributed by atoms with Gasteiger partial charge in [0.15, 0.2) is 5.78 Å². The third kappa shape index (κ3) is 5.45. The lowest BCUT2D eigenvalue weighted by atomic mass is 9.86. The summed E-state index contributed by atoms with van der Waals surface area (Å²) in [6.07, 6.45) is 0.551. The van der Waals surface area contributed by atoms with E-state index >= 15 is 0 Å². The zero-order valence-corrected chi connectivity index (χ0v) is 26.8. The van der Waals surface area contributed by atoms with Crippen LogP contribution in [0.25, 0.3) is 22.0 Å². The van der Waals surface area contributed by atoms with Gasteiger partial charge in [-0.2, -0.15) is 5.06 Å². The van der Waals surface area contributed by atoms with Gasteiger partial charge in [0.25, 0.3) is 0 Å². The summed E-state index contributed by atoms with van der Waals surface area (Å²) in [7, 11) is 0. The molecular weight excluding hydrogens is 649 g/mol. The number of nitrogens with zero attached hydrogens (tertiary/aromatic N) is 3. The SMILES string of the molecule is CC(=O)c1c(C)c2cc3nc(NCCNC(=O)C4CC(C)(C)N(O)C4(C)C)n(Cc4cccc(I)c4)c3cc2oc1=O. The summed E-state index contributed by atoms with van der Waals surface area (Å²) >= 11 is 2.28. The van der Waals surface area contributed by atoms with Crippen LogP contribution in [0.2, 0.25) is 0 Å². The molecule has 0 spiro atoms. The second kappa shape index (κ2) is 11.1. The number of hydroxylamine groups is 2. The molecule has 1 aliphatic heterocycles. The number of carbonyl (C=O) groups excluding carboxylic acids is 2. The van der Waals surface area contributed by atoms with E-state index in [9.17, 15) is 19.6 Å². The molecule has 1 unspecified atom stereocenters. The minimum Gasteiger partial charge on any atom is -0.422 e. The van der Waals surface area contributed by atoms with E-state index in [4.69, 9.17) is 9.40 Å². The van der Waals surface area contributed by atoms with Crippen molar-refractivity contribution >= 4 is 62.2 Å². The predicted molar refractivity (Wildman–Crippen MR) is 170 cm³/mol. The zero-order valence-electron chi connectivity index (χ0n) is 24.7. The summed E-state index contributed by atoms with van der Waals surface area (Å²) in [5.74, 6) is -0.193. The Morgan fingerprint density at radius 1 is 1.17 bits per heavy atom. The van der Waals surface area contributed by atoms with Gasteiger partial charge in [0.2, 0.25) is 11.9 Å². The van der Waals surface area contributed by atoms with Gasteiger partial charge in [-0.05, 0) is 99.9 Å². The number of amides is 1. The molecule has 1 saturated heterocycles. The van der Waals surface area contributed by atoms with E-state index in [1.807, 2.05) is 56.5 Å². The number of ketones is 1. The predicted octanol–water partition coefficient (Wildman–Crippen LogP) is 5.10. The Kier molecular flexibility index (Phi) is 7.96. The second-order valence-corrected chi connectivity index (χ2v) is 13.4. The van der Waals surface area contributed by atoms with Crippen molar-refractivity contribution in [3.05, 3.63) is 67.1 Å². The third-order valence-corrected chi connectivity index (χ3v) is 8.99. The van der Waals surface area contributed by atoms with E-state index in [1.54, 1.807) is 13.0 Å². The fourth-order valence-electron chi connectivity index (χ4n) is 6.15. The molecule has 0 saturated carbocycles. The second-order valence-electron chi connectivity index (χ2n) is 12.2. The monoisotopic (exact) mass is 685 g/mol. The number of fused-ring (bicyclic) bond motifs is 2. The van der Waals surface area contributed by atoms with Gasteiger partial charge in [-0.3, -0.25) is 9.59 Å². The molecule has 1 atom stereocenters. The van der Waals surface area contributed by atoms with Gasteiger partial charge < -0.3 is 24.8 Å². The van der Waals surface area contributed by atoms with Crippen LogP contribution in [0.5, 0.6) is 0 Å². The number of Topliss-reactive ketones (excluding diaryl/α,β-unsaturated/α-hetero) is 1. The van der Waals surface area contributed by atoms with Crippen LogP contribution in [0.15, 0.2) is 45.6 Å². The Balaban J connectivity index is 1.44. The lowest BCUT2D eigenvalue weighted by Crippen LogP contribution is -2.50. The molecule has 3 N–H and O–H groups in total. The Morgan fingerprint density at radius 2 is 1.90 bits per heavy atom. The number of rotatable bonds is 8. The molecule has 3 heterocycles. The van der Waals surface area contributed by atoms with Crippen LogP contribution in [0.1, 0.15) is 62.5 Å². The summed E-state index contributed by atoms with van der Waals surface area (Å²) in [6.45, 7) is 12.0. The van der Waals surface area contributed by atoms with Crippen LogP contribution in [-0.4, -0.2) is 55.7 Å². The molecule has 1 fully saturated rings. The summed E-state index contributed by atoms with van der Waals surface area (Å²) in [5, 5.41) is 18.9. The number of anilines is 1.